The summed E-state index contributed by atoms with van der Waals surface area (Å²) in [5, 5.41) is 0. The van der Waals surface area contributed by atoms with E-state index in [-0.39, 0.29) is 0 Å². The molecule has 1 aliphatic rings. The summed E-state index contributed by atoms with van der Waals surface area (Å²) >= 11 is 0. The fourth-order valence-corrected chi connectivity index (χ4v) is 1.41. The highest BCUT2D eigenvalue weighted by molar-refractivity contribution is 5.41. The lowest BCUT2D eigenvalue weighted by Gasteiger charge is -2.18. The zero-order valence-electron chi connectivity index (χ0n) is 6.73. The number of para-hydroxylation sites is 1. The van der Waals surface area contributed by atoms with E-state index in [1.807, 2.05) is 24.3 Å². The van der Waals surface area contributed by atoms with E-state index in [0.29, 0.717) is 12.5 Å². The van der Waals surface area contributed by atoms with Crippen molar-refractivity contribution in [1.82, 2.24) is 0 Å². The molecule has 1 heterocycles. The molecule has 0 saturated heterocycles. The Kier molecular flexibility index (Phi) is 1.84. The van der Waals surface area contributed by atoms with E-state index in [4.69, 9.17) is 10.5 Å². The highest BCUT2D eigenvalue weighted by atomic mass is 16.5. The summed E-state index contributed by atoms with van der Waals surface area (Å²) in [7, 11) is 0. The van der Waals surface area contributed by atoms with E-state index >= 15 is 0 Å². The number of benzene rings is 1. The highest BCUT2D eigenvalue weighted by Crippen LogP contribution is 2.30. The van der Waals surface area contributed by atoms with Gasteiger partial charge in [-0.25, -0.2) is 0 Å². The van der Waals surface area contributed by atoms with Gasteiger partial charge in [0.05, 0.1) is 6.26 Å². The zero-order valence-corrected chi connectivity index (χ0v) is 6.73. The normalized spacial score (nSPS) is 19.9. The predicted molar refractivity (Wildman–Crippen MR) is 48.0 cm³/mol. The van der Waals surface area contributed by atoms with Crippen molar-refractivity contribution in [2.45, 2.75) is 5.92 Å². The molecule has 0 fully saturated rings. The van der Waals surface area contributed by atoms with Gasteiger partial charge < -0.3 is 10.5 Å². The van der Waals surface area contributed by atoms with E-state index < -0.39 is 0 Å². The monoisotopic (exact) mass is 161 g/mol. The largest absolute Gasteiger partial charge is 0.465 e. The molecule has 1 aliphatic heterocycles. The van der Waals surface area contributed by atoms with Gasteiger partial charge in [-0.2, -0.15) is 0 Å². The van der Waals surface area contributed by atoms with Gasteiger partial charge in [-0.05, 0) is 12.1 Å². The third-order valence-corrected chi connectivity index (χ3v) is 2.08. The second kappa shape index (κ2) is 2.99. The first-order valence-electron chi connectivity index (χ1n) is 4.04. The van der Waals surface area contributed by atoms with Crippen molar-refractivity contribution in [2.75, 3.05) is 6.54 Å². The molecule has 1 atom stereocenters. The Labute approximate surface area is 71.6 Å². The van der Waals surface area contributed by atoms with Crippen molar-refractivity contribution in [2.24, 2.45) is 5.73 Å². The summed E-state index contributed by atoms with van der Waals surface area (Å²) in [6, 6.07) is 7.98. The summed E-state index contributed by atoms with van der Waals surface area (Å²) in [4.78, 5) is 0. The Bertz CT molecular complexity index is 306. The molecule has 2 heteroatoms. The molecule has 0 aliphatic carbocycles. The van der Waals surface area contributed by atoms with E-state index in [9.17, 15) is 0 Å². The first-order chi connectivity index (χ1) is 5.92. The van der Waals surface area contributed by atoms with Crippen molar-refractivity contribution >= 4 is 0 Å². The maximum atomic E-state index is 5.61. The van der Waals surface area contributed by atoms with Gasteiger partial charge >= 0.3 is 0 Å². The van der Waals surface area contributed by atoms with Crippen LogP contribution in [0.25, 0.3) is 0 Å². The molecule has 0 aromatic heterocycles. The van der Waals surface area contributed by atoms with Crippen LogP contribution in [-0.2, 0) is 0 Å². The SMILES string of the molecule is NCC1C=COc2ccccc21. The number of fused-ring (bicyclic) bond motifs is 1. The average molecular weight is 161 g/mol. The number of nitrogens with two attached hydrogens (primary N) is 1. The first kappa shape index (κ1) is 7.37. The minimum absolute atomic E-state index is 0.315. The Morgan fingerprint density at radius 3 is 3.00 bits per heavy atom. The Balaban J connectivity index is 2.43. The molecule has 2 nitrogen and oxygen atoms in total. The number of ether oxygens (including phenoxy) is 1. The van der Waals surface area contributed by atoms with Crippen LogP contribution in [0.4, 0.5) is 0 Å². The molecule has 0 saturated carbocycles. The van der Waals surface area contributed by atoms with E-state index in [1.165, 1.54) is 5.56 Å². The van der Waals surface area contributed by atoms with Gasteiger partial charge in [0.25, 0.3) is 0 Å². The molecular weight excluding hydrogens is 150 g/mol. The molecule has 2 N–H and O–H groups in total. The molecule has 1 unspecified atom stereocenters. The molecular formula is C10H11NO. The van der Waals surface area contributed by atoms with Crippen LogP contribution in [0.1, 0.15) is 11.5 Å². The molecule has 0 bridgehead atoms. The van der Waals surface area contributed by atoms with Gasteiger partial charge in [0.2, 0.25) is 0 Å². The summed E-state index contributed by atoms with van der Waals surface area (Å²) < 4.78 is 5.32. The quantitative estimate of drug-likeness (QED) is 0.679. The first-order valence-corrected chi connectivity index (χ1v) is 4.04. The van der Waals surface area contributed by atoms with Crippen LogP contribution in [-0.4, -0.2) is 6.54 Å². The van der Waals surface area contributed by atoms with Gasteiger partial charge in [0.15, 0.2) is 0 Å². The second-order valence-corrected chi connectivity index (χ2v) is 2.83. The van der Waals surface area contributed by atoms with Gasteiger partial charge in [-0.1, -0.05) is 18.2 Å². The smallest absolute Gasteiger partial charge is 0.130 e. The third-order valence-electron chi connectivity index (χ3n) is 2.08. The summed E-state index contributed by atoms with van der Waals surface area (Å²) in [5.74, 6) is 1.24. The zero-order chi connectivity index (χ0) is 8.39. The molecule has 0 amide bonds. The van der Waals surface area contributed by atoms with Crippen molar-refractivity contribution in [3.05, 3.63) is 42.2 Å². The maximum Gasteiger partial charge on any atom is 0.130 e. The van der Waals surface area contributed by atoms with Gasteiger partial charge in [0, 0.05) is 18.0 Å². The average Bonchev–Trinajstić information content (AvgIpc) is 2.17. The Morgan fingerprint density at radius 2 is 2.17 bits per heavy atom. The van der Waals surface area contributed by atoms with E-state index in [1.54, 1.807) is 6.26 Å². The Morgan fingerprint density at radius 1 is 1.33 bits per heavy atom. The maximum absolute atomic E-state index is 5.61. The van der Waals surface area contributed by atoms with Crippen molar-refractivity contribution in [3.63, 3.8) is 0 Å². The van der Waals surface area contributed by atoms with Crippen LogP contribution in [0.3, 0.4) is 0 Å². The van der Waals surface area contributed by atoms with Crippen LogP contribution in [0.15, 0.2) is 36.6 Å². The molecule has 1 aromatic rings. The van der Waals surface area contributed by atoms with Gasteiger partial charge in [-0.15, -0.1) is 0 Å². The van der Waals surface area contributed by atoms with Crippen molar-refractivity contribution in [1.29, 1.82) is 0 Å². The fraction of sp³-hybridized carbons (Fsp3) is 0.200. The minimum atomic E-state index is 0.315. The summed E-state index contributed by atoms with van der Waals surface area (Å²) in [6.07, 6.45) is 3.70. The van der Waals surface area contributed by atoms with E-state index in [0.717, 1.165) is 5.75 Å². The molecule has 1 aromatic carbocycles. The van der Waals surface area contributed by atoms with Gasteiger partial charge in [0.1, 0.15) is 5.75 Å². The predicted octanol–water partition coefficient (Wildman–Crippen LogP) is 1.64. The van der Waals surface area contributed by atoms with Crippen molar-refractivity contribution in [3.8, 4) is 5.75 Å². The van der Waals surface area contributed by atoms with Crippen LogP contribution < -0.4 is 10.5 Å². The minimum Gasteiger partial charge on any atom is -0.465 e. The molecule has 2 rings (SSSR count). The lowest BCUT2D eigenvalue weighted by atomic mass is 9.97. The molecule has 12 heavy (non-hydrogen) atoms. The van der Waals surface area contributed by atoms with Crippen LogP contribution in [0, 0.1) is 0 Å². The fourth-order valence-electron chi connectivity index (χ4n) is 1.41. The lowest BCUT2D eigenvalue weighted by molar-refractivity contribution is 0.454. The third kappa shape index (κ3) is 1.10. The van der Waals surface area contributed by atoms with Crippen molar-refractivity contribution < 1.29 is 4.74 Å². The molecule has 0 spiro atoms. The highest BCUT2D eigenvalue weighted by Gasteiger charge is 2.14. The van der Waals surface area contributed by atoms with Gasteiger partial charge in [-0.3, -0.25) is 0 Å². The van der Waals surface area contributed by atoms with Crippen LogP contribution in [0.5, 0.6) is 5.75 Å². The second-order valence-electron chi connectivity index (χ2n) is 2.83. The molecule has 62 valence electrons. The number of rotatable bonds is 1. The molecule has 0 radical (unpaired) electrons. The number of hydrogen-bond acceptors (Lipinski definition) is 2. The summed E-state index contributed by atoms with van der Waals surface area (Å²) in [6.45, 7) is 0.636. The lowest BCUT2D eigenvalue weighted by Crippen LogP contribution is -2.13. The topological polar surface area (TPSA) is 35.2 Å². The number of hydrogen-bond donors (Lipinski definition) is 1. The Hall–Kier alpha value is -1.28. The van der Waals surface area contributed by atoms with Crippen LogP contribution >= 0.6 is 0 Å². The van der Waals surface area contributed by atoms with Crippen LogP contribution in [0.2, 0.25) is 0 Å². The summed E-state index contributed by atoms with van der Waals surface area (Å²) in [5.41, 5.74) is 6.79. The van der Waals surface area contributed by atoms with E-state index in [2.05, 4.69) is 6.07 Å². The standard InChI is InChI=1S/C10H11NO/c11-7-8-5-6-12-10-4-2-1-3-9(8)10/h1-6,8H,7,11H2.